The van der Waals surface area contributed by atoms with Crippen molar-refractivity contribution < 1.29 is 33.9 Å². The number of hydrogen-bond acceptors (Lipinski definition) is 7. The molecule has 3 rings (SSSR count). The number of aliphatic hydroxyl groups is 2. The lowest BCUT2D eigenvalue weighted by Crippen LogP contribution is -2.44. The zero-order chi connectivity index (χ0) is 19.6. The highest BCUT2D eigenvalue weighted by Gasteiger charge is 2.56. The average Bonchev–Trinajstić information content (AvgIpc) is 3.10. The van der Waals surface area contributed by atoms with E-state index in [9.17, 15) is 10.2 Å². The van der Waals surface area contributed by atoms with Gasteiger partial charge < -0.3 is 33.9 Å². The second-order valence-electron chi connectivity index (χ2n) is 7.94. The van der Waals surface area contributed by atoms with Crippen LogP contribution in [0.2, 0.25) is 0 Å². The third-order valence-electron chi connectivity index (χ3n) is 4.54. The summed E-state index contributed by atoms with van der Waals surface area (Å²) >= 11 is 0. The van der Waals surface area contributed by atoms with Crippen LogP contribution in [0.15, 0.2) is 24.3 Å². The van der Waals surface area contributed by atoms with Crippen molar-refractivity contribution in [3.63, 3.8) is 0 Å². The van der Waals surface area contributed by atoms with Crippen LogP contribution in [-0.2, 0) is 25.6 Å². The molecular weight excluding hydrogens is 352 g/mol. The minimum absolute atomic E-state index is 0.320. The highest BCUT2D eigenvalue weighted by Crippen LogP contribution is 2.39. The van der Waals surface area contributed by atoms with E-state index in [-0.39, 0.29) is 0 Å². The Kier molecular flexibility index (Phi) is 6.40. The average molecular weight is 382 g/mol. The fourth-order valence-corrected chi connectivity index (χ4v) is 3.24. The first-order valence-corrected chi connectivity index (χ1v) is 9.42. The first-order chi connectivity index (χ1) is 12.8. The van der Waals surface area contributed by atoms with E-state index in [1.165, 1.54) is 0 Å². The van der Waals surface area contributed by atoms with Crippen molar-refractivity contribution in [2.45, 2.75) is 70.8 Å². The molecule has 0 radical (unpaired) electrons. The minimum Gasteiger partial charge on any atom is -0.493 e. The Morgan fingerprint density at radius 3 is 2.48 bits per heavy atom. The van der Waals surface area contributed by atoms with Crippen molar-refractivity contribution in [1.82, 2.24) is 0 Å². The summed E-state index contributed by atoms with van der Waals surface area (Å²) in [5.74, 6) is 0.511. The zero-order valence-corrected chi connectivity index (χ0v) is 16.3. The molecule has 27 heavy (non-hydrogen) atoms. The summed E-state index contributed by atoms with van der Waals surface area (Å²) in [6.07, 6.45) is -3.41. The van der Waals surface area contributed by atoms with E-state index in [0.717, 1.165) is 11.3 Å². The molecule has 152 valence electrons. The maximum Gasteiger partial charge on any atom is 0.190 e. The van der Waals surface area contributed by atoms with Crippen molar-refractivity contribution in [1.29, 1.82) is 0 Å². The van der Waals surface area contributed by atoms with Crippen LogP contribution in [-0.4, -0.2) is 59.9 Å². The topological polar surface area (TPSA) is 86.6 Å². The fourth-order valence-electron chi connectivity index (χ4n) is 3.24. The summed E-state index contributed by atoms with van der Waals surface area (Å²) in [4.78, 5) is 0. The van der Waals surface area contributed by atoms with Gasteiger partial charge in [-0.1, -0.05) is 26.0 Å². The molecule has 2 heterocycles. The van der Waals surface area contributed by atoms with E-state index in [4.69, 9.17) is 23.7 Å². The van der Waals surface area contributed by atoms with Gasteiger partial charge in [-0.15, -0.1) is 0 Å². The van der Waals surface area contributed by atoms with Gasteiger partial charge in [0.2, 0.25) is 0 Å². The zero-order valence-electron chi connectivity index (χ0n) is 16.3. The van der Waals surface area contributed by atoms with Crippen molar-refractivity contribution in [3.8, 4) is 5.75 Å². The van der Waals surface area contributed by atoms with E-state index in [2.05, 4.69) is 13.8 Å². The van der Waals surface area contributed by atoms with Gasteiger partial charge in [0, 0.05) is 0 Å². The molecule has 5 unspecified atom stereocenters. The molecule has 0 aromatic heterocycles. The maximum atomic E-state index is 10.1. The molecule has 2 aliphatic heterocycles. The lowest BCUT2D eigenvalue weighted by Gasteiger charge is -2.28. The third-order valence-corrected chi connectivity index (χ3v) is 4.54. The Hall–Kier alpha value is -1.22. The number of benzene rings is 1. The predicted molar refractivity (Wildman–Crippen MR) is 97.1 cm³/mol. The van der Waals surface area contributed by atoms with Crippen LogP contribution >= 0.6 is 0 Å². The first-order valence-electron chi connectivity index (χ1n) is 9.42. The highest BCUT2D eigenvalue weighted by molar-refractivity contribution is 5.27. The van der Waals surface area contributed by atoms with Gasteiger partial charge >= 0.3 is 0 Å². The van der Waals surface area contributed by atoms with Gasteiger partial charge in [0.1, 0.15) is 30.2 Å². The normalized spacial score (nSPS) is 30.5. The predicted octanol–water partition coefficient (Wildman–Crippen LogP) is 1.84. The lowest BCUT2D eigenvalue weighted by molar-refractivity contribution is -0.232. The van der Waals surface area contributed by atoms with Gasteiger partial charge in [-0.05, 0) is 37.5 Å². The Bertz CT molecular complexity index is 601. The SMILES string of the molecule is CC(C)COc1ccc(COC2C(C(O)CO)OC3OC(C)(C)OC32)cc1. The van der Waals surface area contributed by atoms with Crippen LogP contribution in [0, 0.1) is 5.92 Å². The minimum atomic E-state index is -1.07. The summed E-state index contributed by atoms with van der Waals surface area (Å²) < 4.78 is 29.1. The number of ether oxygens (including phenoxy) is 5. The van der Waals surface area contributed by atoms with Gasteiger partial charge in [-0.2, -0.15) is 0 Å². The maximum absolute atomic E-state index is 10.1. The molecule has 0 spiro atoms. The molecule has 2 N–H and O–H groups in total. The van der Waals surface area contributed by atoms with Crippen LogP contribution in [0.25, 0.3) is 0 Å². The number of rotatable bonds is 8. The van der Waals surface area contributed by atoms with Crippen molar-refractivity contribution in [2.75, 3.05) is 13.2 Å². The van der Waals surface area contributed by atoms with Crippen molar-refractivity contribution in [2.24, 2.45) is 5.92 Å². The fraction of sp³-hybridized carbons (Fsp3) is 0.700. The van der Waals surface area contributed by atoms with Crippen LogP contribution in [0.5, 0.6) is 5.75 Å². The smallest absolute Gasteiger partial charge is 0.190 e. The molecule has 0 amide bonds. The van der Waals surface area contributed by atoms with Crippen molar-refractivity contribution in [3.05, 3.63) is 29.8 Å². The van der Waals surface area contributed by atoms with Gasteiger partial charge in [0.05, 0.1) is 19.8 Å². The molecule has 0 aliphatic carbocycles. The number of fused-ring (bicyclic) bond motifs is 1. The van der Waals surface area contributed by atoms with E-state index < -0.39 is 43.1 Å². The first kappa shape index (κ1) is 20.5. The van der Waals surface area contributed by atoms with Gasteiger partial charge in [-0.25, -0.2) is 0 Å². The molecule has 7 heteroatoms. The quantitative estimate of drug-likeness (QED) is 0.709. The van der Waals surface area contributed by atoms with Gasteiger partial charge in [0.25, 0.3) is 0 Å². The van der Waals surface area contributed by atoms with E-state index in [1.54, 1.807) is 13.8 Å². The second-order valence-corrected chi connectivity index (χ2v) is 7.94. The summed E-state index contributed by atoms with van der Waals surface area (Å²) in [5.41, 5.74) is 0.964. The molecule has 5 atom stereocenters. The summed E-state index contributed by atoms with van der Waals surface area (Å²) in [6, 6.07) is 7.70. The lowest BCUT2D eigenvalue weighted by atomic mass is 10.1. The van der Waals surface area contributed by atoms with Crippen LogP contribution in [0.3, 0.4) is 0 Å². The summed E-state index contributed by atoms with van der Waals surface area (Å²) in [5, 5.41) is 19.4. The molecule has 7 nitrogen and oxygen atoms in total. The van der Waals surface area contributed by atoms with Gasteiger partial charge in [0.15, 0.2) is 12.1 Å². The van der Waals surface area contributed by atoms with Gasteiger partial charge in [-0.3, -0.25) is 0 Å². The molecular formula is C20H30O7. The van der Waals surface area contributed by atoms with Crippen LogP contribution < -0.4 is 4.74 Å². The van der Waals surface area contributed by atoms with Crippen molar-refractivity contribution >= 4 is 0 Å². The summed E-state index contributed by atoms with van der Waals surface area (Å²) in [6.45, 7) is 8.39. The molecule has 0 saturated carbocycles. The number of aliphatic hydroxyl groups excluding tert-OH is 2. The Balaban J connectivity index is 1.61. The molecule has 1 aromatic rings. The highest BCUT2D eigenvalue weighted by atomic mass is 16.8. The Labute approximate surface area is 160 Å². The van der Waals surface area contributed by atoms with E-state index >= 15 is 0 Å². The van der Waals surface area contributed by atoms with E-state index in [1.807, 2.05) is 24.3 Å². The van der Waals surface area contributed by atoms with Crippen LogP contribution in [0.4, 0.5) is 0 Å². The Morgan fingerprint density at radius 2 is 1.85 bits per heavy atom. The molecule has 2 saturated heterocycles. The summed E-state index contributed by atoms with van der Waals surface area (Å²) in [7, 11) is 0. The molecule has 2 fully saturated rings. The molecule has 1 aromatic carbocycles. The molecule has 2 aliphatic rings. The largest absolute Gasteiger partial charge is 0.493 e. The third kappa shape index (κ3) is 4.99. The van der Waals surface area contributed by atoms with E-state index in [0.29, 0.717) is 19.1 Å². The monoisotopic (exact) mass is 382 g/mol. The standard InChI is InChI=1S/C20H30O7/c1-12(2)10-23-14-7-5-13(6-8-14)11-24-17-16(15(22)9-21)25-19-18(17)26-20(3,4)27-19/h5-8,12,15-19,21-22H,9-11H2,1-4H3. The second kappa shape index (κ2) is 8.43. The van der Waals surface area contributed by atoms with Crippen LogP contribution in [0.1, 0.15) is 33.3 Å². The molecule has 0 bridgehead atoms. The number of hydrogen-bond donors (Lipinski definition) is 2. The Morgan fingerprint density at radius 1 is 1.15 bits per heavy atom.